The third kappa shape index (κ3) is 5.81. The first kappa shape index (κ1) is 17.6. The molecule has 3 N–H and O–H groups in total. The molecule has 0 bridgehead atoms. The van der Waals surface area contributed by atoms with Crippen molar-refractivity contribution in [2.24, 2.45) is 5.73 Å². The van der Waals surface area contributed by atoms with Gasteiger partial charge in [0.25, 0.3) is 0 Å². The van der Waals surface area contributed by atoms with Crippen LogP contribution in [-0.4, -0.2) is 31.4 Å². The van der Waals surface area contributed by atoms with Crippen LogP contribution < -0.4 is 15.8 Å². The van der Waals surface area contributed by atoms with Gasteiger partial charge in [-0.1, -0.05) is 17.7 Å². The van der Waals surface area contributed by atoms with E-state index in [1.54, 1.807) is 33.9 Å². The normalized spacial score (nSPS) is 12.7. The number of carbonyl (C=O) groups is 1. The molecule has 1 rings (SSSR count). The zero-order chi connectivity index (χ0) is 16.0. The number of benzene rings is 1. The Morgan fingerprint density at radius 3 is 2.62 bits per heavy atom. The highest BCUT2D eigenvalue weighted by Crippen LogP contribution is 2.27. The Hall–Kier alpha value is -1.46. The molecule has 1 amide bonds. The van der Waals surface area contributed by atoms with Crippen LogP contribution in [0, 0.1) is 0 Å². The quantitative estimate of drug-likeness (QED) is 0.876. The van der Waals surface area contributed by atoms with Crippen molar-refractivity contribution >= 4 is 17.7 Å². The van der Waals surface area contributed by atoms with E-state index in [0.717, 1.165) is 5.56 Å². The maximum absolute atomic E-state index is 11.8. The van der Waals surface area contributed by atoms with Gasteiger partial charge in [-0.15, -0.1) is 0 Å². The molecule has 0 fully saturated rings. The Balaban J connectivity index is 2.77. The summed E-state index contributed by atoms with van der Waals surface area (Å²) in [7, 11) is 1.58. The van der Waals surface area contributed by atoms with Gasteiger partial charge >= 0.3 is 6.09 Å². The predicted octanol–water partition coefficient (Wildman–Crippen LogP) is 2.74. The summed E-state index contributed by atoms with van der Waals surface area (Å²) < 4.78 is 10.5. The van der Waals surface area contributed by atoms with E-state index in [9.17, 15) is 4.79 Å². The monoisotopic (exact) mass is 314 g/mol. The molecule has 0 aliphatic carbocycles. The van der Waals surface area contributed by atoms with Crippen molar-refractivity contribution in [1.82, 2.24) is 5.32 Å². The number of carbonyl (C=O) groups excluding carboxylic acids is 1. The minimum Gasteiger partial charge on any atom is -0.496 e. The van der Waals surface area contributed by atoms with Gasteiger partial charge in [0, 0.05) is 23.2 Å². The first-order valence-corrected chi connectivity index (χ1v) is 7.15. The summed E-state index contributed by atoms with van der Waals surface area (Å²) in [6.07, 6.45) is -0.0255. The minimum atomic E-state index is -0.550. The second-order valence-corrected chi connectivity index (χ2v) is 6.11. The average Bonchev–Trinajstić information content (AvgIpc) is 2.37. The van der Waals surface area contributed by atoms with Crippen LogP contribution in [-0.2, 0) is 11.2 Å². The van der Waals surface area contributed by atoms with Crippen molar-refractivity contribution in [2.45, 2.75) is 38.8 Å². The Labute approximate surface area is 130 Å². The third-order valence-corrected chi connectivity index (χ3v) is 3.11. The second kappa shape index (κ2) is 7.52. The number of rotatable bonds is 5. The lowest BCUT2D eigenvalue weighted by atomic mass is 10.0. The van der Waals surface area contributed by atoms with Gasteiger partial charge in [-0.3, -0.25) is 0 Å². The van der Waals surface area contributed by atoms with Crippen LogP contribution in [0.4, 0.5) is 4.79 Å². The molecular formula is C15H23ClN2O3. The molecule has 118 valence electrons. The number of alkyl carbamates (subject to hydrolysis) is 1. The number of halogens is 1. The van der Waals surface area contributed by atoms with E-state index >= 15 is 0 Å². The standard InChI is InChI=1S/C15H23ClN2O3/c1-15(2,3)21-14(19)18-10(9-17)8-11-12(16)6-5-7-13(11)20-4/h5-7,10H,8-9,17H2,1-4H3,(H,18,19). The van der Waals surface area contributed by atoms with Gasteiger partial charge in [-0.25, -0.2) is 4.79 Å². The maximum atomic E-state index is 11.8. The van der Waals surface area contributed by atoms with E-state index in [4.69, 9.17) is 26.8 Å². The molecule has 0 heterocycles. The smallest absolute Gasteiger partial charge is 0.407 e. The average molecular weight is 315 g/mol. The van der Waals surface area contributed by atoms with E-state index in [-0.39, 0.29) is 12.6 Å². The van der Waals surface area contributed by atoms with Crippen LogP contribution in [0.25, 0.3) is 0 Å². The zero-order valence-electron chi connectivity index (χ0n) is 12.9. The predicted molar refractivity (Wildman–Crippen MR) is 83.9 cm³/mol. The summed E-state index contributed by atoms with van der Waals surface area (Å²) in [6.45, 7) is 5.69. The van der Waals surface area contributed by atoms with Gasteiger partial charge in [-0.2, -0.15) is 0 Å². The molecular weight excluding hydrogens is 292 g/mol. The molecule has 1 unspecified atom stereocenters. The lowest BCUT2D eigenvalue weighted by Crippen LogP contribution is -2.44. The van der Waals surface area contributed by atoms with Crippen molar-refractivity contribution in [1.29, 1.82) is 0 Å². The first-order valence-electron chi connectivity index (χ1n) is 6.77. The van der Waals surface area contributed by atoms with E-state index in [2.05, 4.69) is 5.32 Å². The Morgan fingerprint density at radius 2 is 2.10 bits per heavy atom. The molecule has 0 radical (unpaired) electrons. The first-order chi connectivity index (χ1) is 9.76. The molecule has 5 nitrogen and oxygen atoms in total. The topological polar surface area (TPSA) is 73.6 Å². The summed E-state index contributed by atoms with van der Waals surface area (Å²) in [5.74, 6) is 0.673. The van der Waals surface area contributed by atoms with Gasteiger partial charge < -0.3 is 20.5 Å². The van der Waals surface area contributed by atoms with Crippen molar-refractivity contribution in [3.63, 3.8) is 0 Å². The van der Waals surface area contributed by atoms with E-state index in [1.807, 2.05) is 12.1 Å². The minimum absolute atomic E-state index is 0.271. The van der Waals surface area contributed by atoms with Gasteiger partial charge in [0.15, 0.2) is 0 Å². The largest absolute Gasteiger partial charge is 0.496 e. The summed E-state index contributed by atoms with van der Waals surface area (Å²) in [6, 6.07) is 5.13. The van der Waals surface area contributed by atoms with Crippen LogP contribution >= 0.6 is 11.6 Å². The summed E-state index contributed by atoms with van der Waals surface area (Å²) in [4.78, 5) is 11.8. The fourth-order valence-electron chi connectivity index (χ4n) is 1.84. The lowest BCUT2D eigenvalue weighted by molar-refractivity contribution is 0.0505. The Morgan fingerprint density at radius 1 is 1.43 bits per heavy atom. The van der Waals surface area contributed by atoms with Gasteiger partial charge in [0.2, 0.25) is 0 Å². The van der Waals surface area contributed by atoms with Crippen molar-refractivity contribution in [3.05, 3.63) is 28.8 Å². The fraction of sp³-hybridized carbons (Fsp3) is 0.533. The van der Waals surface area contributed by atoms with E-state index < -0.39 is 11.7 Å². The zero-order valence-corrected chi connectivity index (χ0v) is 13.7. The molecule has 1 aromatic rings. The van der Waals surface area contributed by atoms with Gasteiger partial charge in [-0.05, 0) is 39.3 Å². The number of nitrogens with one attached hydrogen (secondary N) is 1. The van der Waals surface area contributed by atoms with Crippen LogP contribution in [0.1, 0.15) is 26.3 Å². The molecule has 0 spiro atoms. The number of hydrogen-bond donors (Lipinski definition) is 2. The highest BCUT2D eigenvalue weighted by atomic mass is 35.5. The number of nitrogens with two attached hydrogens (primary N) is 1. The third-order valence-electron chi connectivity index (χ3n) is 2.75. The number of methoxy groups -OCH3 is 1. The van der Waals surface area contributed by atoms with Crippen molar-refractivity contribution in [2.75, 3.05) is 13.7 Å². The van der Waals surface area contributed by atoms with Crippen molar-refractivity contribution in [3.8, 4) is 5.75 Å². The maximum Gasteiger partial charge on any atom is 0.407 e. The van der Waals surface area contributed by atoms with Crippen LogP contribution in [0.3, 0.4) is 0 Å². The summed E-state index contributed by atoms with van der Waals surface area (Å²) >= 11 is 6.19. The SMILES string of the molecule is COc1cccc(Cl)c1CC(CN)NC(=O)OC(C)(C)C. The molecule has 1 atom stereocenters. The molecule has 0 aromatic heterocycles. The van der Waals surface area contributed by atoms with E-state index in [0.29, 0.717) is 17.2 Å². The Kier molecular flexibility index (Phi) is 6.30. The van der Waals surface area contributed by atoms with Crippen molar-refractivity contribution < 1.29 is 14.3 Å². The highest BCUT2D eigenvalue weighted by Gasteiger charge is 2.20. The molecule has 0 saturated heterocycles. The number of ether oxygens (including phenoxy) is 2. The molecule has 0 aliphatic heterocycles. The van der Waals surface area contributed by atoms with E-state index in [1.165, 1.54) is 0 Å². The highest BCUT2D eigenvalue weighted by molar-refractivity contribution is 6.31. The van der Waals surface area contributed by atoms with Gasteiger partial charge in [0.05, 0.1) is 7.11 Å². The number of hydrogen-bond acceptors (Lipinski definition) is 4. The molecule has 21 heavy (non-hydrogen) atoms. The van der Waals surface area contributed by atoms with Crippen LogP contribution in [0.2, 0.25) is 5.02 Å². The summed E-state index contributed by atoms with van der Waals surface area (Å²) in [5.41, 5.74) is 5.98. The van der Waals surface area contributed by atoms with Gasteiger partial charge in [0.1, 0.15) is 11.4 Å². The Bertz CT molecular complexity index is 486. The van der Waals surface area contributed by atoms with Crippen LogP contribution in [0.5, 0.6) is 5.75 Å². The molecule has 6 heteroatoms. The molecule has 0 saturated carbocycles. The summed E-state index contributed by atoms with van der Waals surface area (Å²) in [5, 5.41) is 3.33. The lowest BCUT2D eigenvalue weighted by Gasteiger charge is -2.23. The fourth-order valence-corrected chi connectivity index (χ4v) is 2.09. The molecule has 0 aliphatic rings. The number of amides is 1. The van der Waals surface area contributed by atoms with Crippen LogP contribution in [0.15, 0.2) is 18.2 Å². The second-order valence-electron chi connectivity index (χ2n) is 5.70. The molecule has 1 aromatic carbocycles.